The third kappa shape index (κ3) is 2.94. The fourth-order valence-electron chi connectivity index (χ4n) is 2.65. The fraction of sp³-hybridized carbons (Fsp3) is 0.538. The van der Waals surface area contributed by atoms with Crippen LogP contribution in [0, 0.1) is 6.07 Å². The van der Waals surface area contributed by atoms with Crippen LogP contribution in [0.25, 0.3) is 0 Å². The van der Waals surface area contributed by atoms with Gasteiger partial charge in [0.25, 0.3) is 0 Å². The van der Waals surface area contributed by atoms with Crippen LogP contribution >= 0.6 is 15.9 Å². The minimum Gasteiger partial charge on any atom is -0.459 e. The zero-order valence-electron chi connectivity index (χ0n) is 12.1. The van der Waals surface area contributed by atoms with Crippen LogP contribution in [0.3, 0.4) is 0 Å². The van der Waals surface area contributed by atoms with Gasteiger partial charge in [0, 0.05) is 8.07 Å². The van der Waals surface area contributed by atoms with Crippen LogP contribution in [-0.2, 0) is 0 Å². The van der Waals surface area contributed by atoms with E-state index in [0.717, 1.165) is 23.3 Å². The van der Waals surface area contributed by atoms with Crippen molar-refractivity contribution in [3.8, 4) is 11.5 Å². The molecule has 0 bridgehead atoms. The molecule has 0 aliphatic carbocycles. The molecule has 0 saturated heterocycles. The van der Waals surface area contributed by atoms with E-state index < -0.39 is 14.4 Å². The van der Waals surface area contributed by atoms with Crippen molar-refractivity contribution in [2.24, 2.45) is 0 Å². The van der Waals surface area contributed by atoms with E-state index in [2.05, 4.69) is 47.5 Å². The molecule has 1 aliphatic heterocycles. The van der Waals surface area contributed by atoms with Gasteiger partial charge in [0.15, 0.2) is 0 Å². The fourth-order valence-corrected chi connectivity index (χ4v) is 6.70. The number of halogens is 3. The van der Waals surface area contributed by atoms with E-state index in [1.54, 1.807) is 6.07 Å². The molecule has 0 aromatic heterocycles. The van der Waals surface area contributed by atoms with Crippen LogP contribution in [0.1, 0.15) is 20.8 Å². The largest absolute Gasteiger partial charge is 1.00 e. The molecular weight excluding hydrogens is 341 g/mol. The average molecular weight is 357 g/mol. The first-order valence-electron chi connectivity index (χ1n) is 6.39. The number of alkyl halides is 2. The van der Waals surface area contributed by atoms with E-state index >= 15 is 0 Å². The summed E-state index contributed by atoms with van der Waals surface area (Å²) in [5.74, 6) is 0.280. The average Bonchev–Trinajstić information content (AvgIpc) is 2.70. The Morgan fingerprint density at radius 1 is 1.15 bits per heavy atom. The van der Waals surface area contributed by atoms with E-state index in [1.807, 2.05) is 0 Å². The van der Waals surface area contributed by atoms with Gasteiger partial charge in [-0.1, -0.05) is 59.3 Å². The van der Waals surface area contributed by atoms with E-state index in [4.69, 9.17) is 4.74 Å². The molecule has 1 aliphatic rings. The SMILES string of the molecule is CC[Si](CC)(CC)c1c[c-]c(Br)c2c1OC(F)(F)O2.[Li+]. The van der Waals surface area contributed by atoms with Gasteiger partial charge in [0.2, 0.25) is 0 Å². The summed E-state index contributed by atoms with van der Waals surface area (Å²) in [6.45, 7) is 6.34. The van der Waals surface area contributed by atoms with Crippen molar-refractivity contribution in [3.05, 3.63) is 16.6 Å². The molecule has 0 saturated carbocycles. The first-order chi connectivity index (χ1) is 8.89. The summed E-state index contributed by atoms with van der Waals surface area (Å²) in [6.07, 6.45) is -3.58. The number of rotatable bonds is 4. The van der Waals surface area contributed by atoms with Crippen LogP contribution in [0.5, 0.6) is 11.5 Å². The molecule has 20 heavy (non-hydrogen) atoms. The van der Waals surface area contributed by atoms with Gasteiger partial charge in [-0.05, 0) is 0 Å². The Hall–Kier alpha value is -0.0257. The number of hydrogen-bond donors (Lipinski definition) is 0. The van der Waals surface area contributed by atoms with Crippen LogP contribution in [0.2, 0.25) is 18.1 Å². The molecule has 1 heterocycles. The van der Waals surface area contributed by atoms with Crippen molar-refractivity contribution in [3.63, 3.8) is 0 Å². The molecule has 0 fully saturated rings. The molecule has 1 aromatic carbocycles. The zero-order chi connectivity index (χ0) is 14.3. The van der Waals surface area contributed by atoms with Crippen molar-refractivity contribution in [1.29, 1.82) is 0 Å². The summed E-state index contributed by atoms with van der Waals surface area (Å²) in [5.41, 5.74) is 0. The summed E-state index contributed by atoms with van der Waals surface area (Å²) in [5, 5.41) is 0.885. The van der Waals surface area contributed by atoms with Crippen molar-refractivity contribution >= 4 is 29.2 Å². The maximum absolute atomic E-state index is 13.3. The molecule has 0 atom stereocenters. The molecule has 1 aromatic rings. The van der Waals surface area contributed by atoms with Crippen LogP contribution < -0.4 is 33.5 Å². The van der Waals surface area contributed by atoms with Gasteiger partial charge in [-0.25, -0.2) is 0 Å². The molecule has 0 unspecified atom stereocenters. The van der Waals surface area contributed by atoms with E-state index in [-0.39, 0.29) is 30.4 Å². The van der Waals surface area contributed by atoms with Gasteiger partial charge in [-0.15, -0.1) is 14.0 Å². The zero-order valence-corrected chi connectivity index (χ0v) is 14.7. The Labute approximate surface area is 139 Å². The number of ether oxygens (including phenoxy) is 2. The number of benzene rings is 1. The number of fused-ring (bicyclic) bond motifs is 1. The summed E-state index contributed by atoms with van der Waals surface area (Å²) in [4.78, 5) is 0. The maximum atomic E-state index is 13.3. The minimum atomic E-state index is -3.58. The third-order valence-corrected chi connectivity index (χ3v) is 10.2. The number of hydrogen-bond acceptors (Lipinski definition) is 2. The smallest absolute Gasteiger partial charge is 0.459 e. The Morgan fingerprint density at radius 2 is 1.65 bits per heavy atom. The predicted octanol–water partition coefficient (Wildman–Crippen LogP) is 1.29. The van der Waals surface area contributed by atoms with Crippen molar-refractivity contribution in [2.75, 3.05) is 0 Å². The summed E-state index contributed by atoms with van der Waals surface area (Å²) in [6, 6.07) is 7.70. The molecule has 0 radical (unpaired) electrons. The molecule has 106 valence electrons. The Balaban J connectivity index is 0.00000200. The van der Waals surface area contributed by atoms with E-state index in [9.17, 15) is 8.78 Å². The van der Waals surface area contributed by atoms with Crippen molar-refractivity contribution in [1.82, 2.24) is 0 Å². The molecule has 0 spiro atoms. The molecule has 2 nitrogen and oxygen atoms in total. The molecule has 0 amide bonds. The monoisotopic (exact) mass is 356 g/mol. The van der Waals surface area contributed by atoms with Gasteiger partial charge in [0.1, 0.15) is 0 Å². The second kappa shape index (κ2) is 6.39. The van der Waals surface area contributed by atoms with Gasteiger partial charge in [0.05, 0.1) is 11.5 Å². The van der Waals surface area contributed by atoms with Gasteiger partial charge in [-0.3, -0.25) is 0 Å². The second-order valence-electron chi connectivity index (χ2n) is 4.68. The first-order valence-corrected chi connectivity index (χ1v) is 9.81. The van der Waals surface area contributed by atoms with Crippen LogP contribution in [-0.4, -0.2) is 14.4 Å². The summed E-state index contributed by atoms with van der Waals surface area (Å²) < 4.78 is 36.4. The Kier molecular flexibility index (Phi) is 5.76. The predicted molar refractivity (Wildman–Crippen MR) is 76.0 cm³/mol. The molecule has 0 N–H and O–H groups in total. The standard InChI is InChI=1S/C13H16BrF2O2Si.Li/c1-4-19(5-2,6-3)10-8-7-9(14)11-12(10)18-13(15,16)17-11;/h8H,4-6H2,1-3H3;/q-1;+1. The quantitative estimate of drug-likeness (QED) is 0.597. The summed E-state index contributed by atoms with van der Waals surface area (Å²) in [7, 11) is -1.83. The van der Waals surface area contributed by atoms with Gasteiger partial charge < -0.3 is 9.47 Å². The summed E-state index contributed by atoms with van der Waals surface area (Å²) >= 11 is 3.19. The first kappa shape index (κ1) is 18.0. The van der Waals surface area contributed by atoms with E-state index in [0.29, 0.717) is 4.47 Å². The molecule has 2 rings (SSSR count). The Morgan fingerprint density at radius 3 is 2.15 bits per heavy atom. The second-order valence-corrected chi connectivity index (χ2v) is 10.7. The van der Waals surface area contributed by atoms with Gasteiger partial charge in [-0.2, -0.15) is 12.1 Å². The van der Waals surface area contributed by atoms with Crippen molar-refractivity contribution in [2.45, 2.75) is 45.2 Å². The minimum absolute atomic E-state index is 0. The topological polar surface area (TPSA) is 18.5 Å². The maximum Gasteiger partial charge on any atom is 1.00 e. The van der Waals surface area contributed by atoms with Crippen molar-refractivity contribution < 1.29 is 37.1 Å². The molecular formula is C13H16BrF2LiO2Si. The normalized spacial score (nSPS) is 15.9. The third-order valence-electron chi connectivity index (χ3n) is 4.04. The van der Waals surface area contributed by atoms with Crippen LogP contribution in [0.4, 0.5) is 8.78 Å². The van der Waals surface area contributed by atoms with E-state index in [1.165, 1.54) is 0 Å². The Bertz CT molecular complexity index is 487. The van der Waals surface area contributed by atoms with Crippen LogP contribution in [0.15, 0.2) is 10.5 Å². The van der Waals surface area contributed by atoms with Gasteiger partial charge >= 0.3 is 25.2 Å². The molecule has 7 heteroatoms.